The van der Waals surface area contributed by atoms with E-state index >= 15 is 0 Å². The van der Waals surface area contributed by atoms with Crippen LogP contribution in [-0.2, 0) is 13.6 Å². The molecule has 0 spiro atoms. The predicted molar refractivity (Wildman–Crippen MR) is 186 cm³/mol. The maximum Gasteiger partial charge on any atom is 0.361 e. The van der Waals surface area contributed by atoms with Crippen molar-refractivity contribution in [1.29, 1.82) is 0 Å². The molecule has 0 atom stereocenters. The van der Waals surface area contributed by atoms with Crippen LogP contribution in [0, 0.1) is 0 Å². The van der Waals surface area contributed by atoms with Crippen LogP contribution >= 0.6 is 7.60 Å². The first-order chi connectivity index (χ1) is 20.7. The van der Waals surface area contributed by atoms with Crippen LogP contribution in [0.2, 0.25) is 0 Å². The molecule has 0 unspecified atom stereocenters. The summed E-state index contributed by atoms with van der Waals surface area (Å²) in [4.78, 5) is 0. The van der Waals surface area contributed by atoms with E-state index in [0.717, 1.165) is 25.7 Å². The highest BCUT2D eigenvalue weighted by molar-refractivity contribution is 7.62. The highest BCUT2D eigenvalue weighted by atomic mass is 31.2. The monoisotopic (exact) mass is 607 g/mol. The standard InChI is InChI=1S/C38H71O3P/c1-3-5-7-9-11-13-15-17-19-21-23-25-27-32-36-40-42(39,38-34-30-29-31-35-38)41-37-33-28-26-24-22-20-18-16-14-12-10-8-6-4-2/h29-31,34-35H,3-28,32-33,36-37H2,1-2H3. The summed E-state index contributed by atoms with van der Waals surface area (Å²) in [5, 5.41) is 0.695. The second-order valence-electron chi connectivity index (χ2n) is 12.7. The molecule has 0 fully saturated rings. The Morgan fingerprint density at radius 3 is 0.952 bits per heavy atom. The van der Waals surface area contributed by atoms with Gasteiger partial charge in [-0.1, -0.05) is 199 Å². The Bertz CT molecular complexity index is 670. The minimum absolute atomic E-state index is 0.517. The minimum Gasteiger partial charge on any atom is -0.305 e. The molecule has 0 bridgehead atoms. The summed E-state index contributed by atoms with van der Waals surface area (Å²) >= 11 is 0. The molecule has 0 radical (unpaired) electrons. The Hall–Kier alpha value is -0.630. The van der Waals surface area contributed by atoms with Crippen LogP contribution in [0.15, 0.2) is 30.3 Å². The average molecular weight is 607 g/mol. The SMILES string of the molecule is CCCCCCCCCCCCCCCCOP(=O)(OCCCCCCCCCCCCCCCC)c1ccccc1. The molecule has 246 valence electrons. The van der Waals surface area contributed by atoms with E-state index < -0.39 is 7.60 Å². The Kier molecular flexibility index (Phi) is 28.5. The smallest absolute Gasteiger partial charge is 0.305 e. The van der Waals surface area contributed by atoms with E-state index in [1.165, 1.54) is 154 Å². The second kappa shape index (κ2) is 30.4. The summed E-state index contributed by atoms with van der Waals surface area (Å²) in [6.07, 6.45) is 37.3. The first-order valence-electron chi connectivity index (χ1n) is 18.7. The molecule has 3 nitrogen and oxygen atoms in total. The van der Waals surface area contributed by atoms with Gasteiger partial charge in [0, 0.05) is 0 Å². The lowest BCUT2D eigenvalue weighted by Crippen LogP contribution is -2.11. The molecular weight excluding hydrogens is 535 g/mol. The maximum atomic E-state index is 13.6. The van der Waals surface area contributed by atoms with Crippen molar-refractivity contribution in [3.63, 3.8) is 0 Å². The molecule has 1 aromatic rings. The van der Waals surface area contributed by atoms with Crippen molar-refractivity contribution in [1.82, 2.24) is 0 Å². The van der Waals surface area contributed by atoms with Crippen LogP contribution in [-0.4, -0.2) is 13.2 Å². The lowest BCUT2D eigenvalue weighted by Gasteiger charge is -2.19. The van der Waals surface area contributed by atoms with Gasteiger partial charge in [-0.15, -0.1) is 0 Å². The van der Waals surface area contributed by atoms with Gasteiger partial charge in [0.1, 0.15) is 0 Å². The number of unbranched alkanes of at least 4 members (excludes halogenated alkanes) is 26. The summed E-state index contributed by atoms with van der Waals surface area (Å²) < 4.78 is 25.6. The number of hydrogen-bond donors (Lipinski definition) is 0. The van der Waals surface area contributed by atoms with Gasteiger partial charge in [0.2, 0.25) is 0 Å². The highest BCUT2D eigenvalue weighted by Crippen LogP contribution is 2.47. The molecular formula is C38H71O3P. The zero-order valence-electron chi connectivity index (χ0n) is 28.3. The fourth-order valence-corrected chi connectivity index (χ4v) is 7.41. The van der Waals surface area contributed by atoms with Gasteiger partial charge in [0.05, 0.1) is 18.5 Å². The van der Waals surface area contributed by atoms with Crippen molar-refractivity contribution < 1.29 is 13.6 Å². The third kappa shape index (κ3) is 23.8. The first-order valence-corrected chi connectivity index (χ1v) is 20.2. The number of benzene rings is 1. The van der Waals surface area contributed by atoms with Crippen molar-refractivity contribution in [2.45, 2.75) is 194 Å². The van der Waals surface area contributed by atoms with E-state index in [1.54, 1.807) is 0 Å². The van der Waals surface area contributed by atoms with E-state index in [-0.39, 0.29) is 0 Å². The topological polar surface area (TPSA) is 35.5 Å². The molecule has 0 aliphatic heterocycles. The van der Waals surface area contributed by atoms with E-state index in [9.17, 15) is 4.57 Å². The van der Waals surface area contributed by atoms with Crippen molar-refractivity contribution in [2.75, 3.05) is 13.2 Å². The van der Waals surface area contributed by atoms with Crippen LogP contribution in [0.25, 0.3) is 0 Å². The van der Waals surface area contributed by atoms with Gasteiger partial charge < -0.3 is 9.05 Å². The van der Waals surface area contributed by atoms with Crippen molar-refractivity contribution in [3.05, 3.63) is 30.3 Å². The first kappa shape index (κ1) is 39.4. The van der Waals surface area contributed by atoms with Crippen LogP contribution < -0.4 is 5.30 Å². The molecule has 1 rings (SSSR count). The zero-order chi connectivity index (χ0) is 30.2. The third-order valence-electron chi connectivity index (χ3n) is 8.59. The molecule has 4 heteroatoms. The maximum absolute atomic E-state index is 13.6. The Morgan fingerprint density at radius 1 is 0.405 bits per heavy atom. The van der Waals surface area contributed by atoms with Gasteiger partial charge >= 0.3 is 7.60 Å². The van der Waals surface area contributed by atoms with Gasteiger partial charge in [-0.25, -0.2) is 0 Å². The summed E-state index contributed by atoms with van der Waals surface area (Å²) in [7, 11) is -3.24. The van der Waals surface area contributed by atoms with Crippen molar-refractivity contribution in [2.24, 2.45) is 0 Å². The predicted octanol–water partition coefficient (Wildman–Crippen LogP) is 13.5. The summed E-state index contributed by atoms with van der Waals surface area (Å²) in [5.74, 6) is 0. The van der Waals surface area contributed by atoms with E-state index in [0.29, 0.717) is 18.5 Å². The Morgan fingerprint density at radius 2 is 0.667 bits per heavy atom. The van der Waals surface area contributed by atoms with E-state index in [4.69, 9.17) is 9.05 Å². The second-order valence-corrected chi connectivity index (χ2v) is 14.7. The number of hydrogen-bond acceptors (Lipinski definition) is 3. The van der Waals surface area contributed by atoms with E-state index in [1.807, 2.05) is 30.3 Å². The Labute approximate surface area is 263 Å². The lowest BCUT2D eigenvalue weighted by atomic mass is 10.0. The molecule has 0 saturated carbocycles. The minimum atomic E-state index is -3.24. The van der Waals surface area contributed by atoms with Crippen molar-refractivity contribution >= 4 is 12.9 Å². The highest BCUT2D eigenvalue weighted by Gasteiger charge is 2.27. The molecule has 0 heterocycles. The van der Waals surface area contributed by atoms with Crippen molar-refractivity contribution in [3.8, 4) is 0 Å². The summed E-state index contributed by atoms with van der Waals surface area (Å²) in [6, 6.07) is 9.57. The van der Waals surface area contributed by atoms with E-state index in [2.05, 4.69) is 13.8 Å². The lowest BCUT2D eigenvalue weighted by molar-refractivity contribution is 0.206. The fraction of sp³-hybridized carbons (Fsp3) is 0.842. The quantitative estimate of drug-likeness (QED) is 0.0590. The van der Waals surface area contributed by atoms with Crippen LogP contribution in [0.1, 0.15) is 194 Å². The largest absolute Gasteiger partial charge is 0.361 e. The summed E-state index contributed by atoms with van der Waals surface area (Å²) in [5.41, 5.74) is 0. The van der Waals surface area contributed by atoms with Gasteiger partial charge in [-0.3, -0.25) is 4.57 Å². The number of rotatable bonds is 33. The molecule has 0 aromatic heterocycles. The molecule has 42 heavy (non-hydrogen) atoms. The van der Waals surface area contributed by atoms with Crippen LogP contribution in [0.5, 0.6) is 0 Å². The van der Waals surface area contributed by atoms with Gasteiger partial charge in [-0.2, -0.15) is 0 Å². The molecule has 0 aliphatic carbocycles. The van der Waals surface area contributed by atoms with Gasteiger partial charge in [-0.05, 0) is 25.0 Å². The fourth-order valence-electron chi connectivity index (χ4n) is 5.76. The molecule has 0 N–H and O–H groups in total. The Balaban J connectivity index is 2.06. The molecule has 0 aliphatic rings. The molecule has 0 amide bonds. The van der Waals surface area contributed by atoms with Crippen LogP contribution in [0.4, 0.5) is 0 Å². The molecule has 1 aromatic carbocycles. The molecule has 0 saturated heterocycles. The third-order valence-corrected chi connectivity index (χ3v) is 10.6. The van der Waals surface area contributed by atoms with Crippen LogP contribution in [0.3, 0.4) is 0 Å². The zero-order valence-corrected chi connectivity index (χ0v) is 29.2. The normalized spacial score (nSPS) is 11.9. The summed E-state index contributed by atoms with van der Waals surface area (Å²) in [6.45, 7) is 5.60. The average Bonchev–Trinajstić information content (AvgIpc) is 3.01. The van der Waals surface area contributed by atoms with Gasteiger partial charge in [0.25, 0.3) is 0 Å². The van der Waals surface area contributed by atoms with Gasteiger partial charge in [0.15, 0.2) is 0 Å².